The summed E-state index contributed by atoms with van der Waals surface area (Å²) in [5.74, 6) is -5.17. The van der Waals surface area contributed by atoms with Gasteiger partial charge in [0.25, 0.3) is 0 Å². The predicted molar refractivity (Wildman–Crippen MR) is 193 cm³/mol. The van der Waals surface area contributed by atoms with Crippen molar-refractivity contribution in [1.82, 2.24) is 19.8 Å². The maximum absolute atomic E-state index is 15.9. The molecule has 0 bridgehead atoms. The summed E-state index contributed by atoms with van der Waals surface area (Å²) in [6.07, 6.45) is -0.606. The number of carbonyl (C=O) groups is 1. The number of rotatable bonds is 5. The van der Waals surface area contributed by atoms with Crippen LogP contribution in [0.25, 0.3) is 32.1 Å². The highest BCUT2D eigenvalue weighted by Gasteiger charge is 2.50. The second kappa shape index (κ2) is 15.9. The molecule has 5 heterocycles. The lowest BCUT2D eigenvalue weighted by Crippen LogP contribution is -2.45. The Labute approximate surface area is 315 Å². The molecule has 4 aromatic rings. The monoisotopic (exact) mass is 797 g/mol. The van der Waals surface area contributed by atoms with Gasteiger partial charge in [0.15, 0.2) is 5.82 Å². The van der Waals surface area contributed by atoms with Gasteiger partial charge in [0.1, 0.15) is 34.4 Å². The highest BCUT2D eigenvalue weighted by Crippen LogP contribution is 2.48. The second-order valence-corrected chi connectivity index (χ2v) is 15.0. The first-order valence-electron chi connectivity index (χ1n) is 17.9. The van der Waals surface area contributed by atoms with Crippen LogP contribution in [0.3, 0.4) is 0 Å². The van der Waals surface area contributed by atoms with Gasteiger partial charge in [-0.05, 0) is 63.3 Å². The molecule has 2 aromatic carbocycles. The fourth-order valence-electron chi connectivity index (χ4n) is 7.65. The Kier molecular flexibility index (Phi) is 11.6. The van der Waals surface area contributed by atoms with Crippen molar-refractivity contribution in [3.05, 3.63) is 41.0 Å². The number of nitriles is 1. The van der Waals surface area contributed by atoms with E-state index >= 15 is 4.39 Å². The van der Waals surface area contributed by atoms with Gasteiger partial charge < -0.3 is 20.7 Å². The summed E-state index contributed by atoms with van der Waals surface area (Å²) in [7, 11) is 1.23. The molecule has 1 aliphatic carbocycles. The molecule has 8 rings (SSSR count). The first-order valence-corrected chi connectivity index (χ1v) is 18.7. The first kappa shape index (κ1) is 40.2. The van der Waals surface area contributed by atoms with E-state index in [0.717, 1.165) is 57.1 Å². The molecular weight excluding hydrogens is 759 g/mol. The van der Waals surface area contributed by atoms with Gasteiger partial charge in [0.05, 0.1) is 22.9 Å². The fraction of sp³-hybridized carbons (Fsp3) is 0.514. The number of hydrogen-bond donors (Lipinski definition) is 2. The zero-order valence-electron chi connectivity index (χ0n) is 30.0. The number of fused-ring (bicyclic) bond motifs is 3. The number of nitrogens with one attached hydrogen (secondary N) is 1. The number of aromatic nitrogens is 2. The number of halogens is 8. The van der Waals surface area contributed by atoms with E-state index in [0.29, 0.717) is 23.9 Å². The van der Waals surface area contributed by atoms with Crippen LogP contribution in [0.5, 0.6) is 6.01 Å². The van der Waals surface area contributed by atoms with Crippen LogP contribution in [-0.2, 0) is 11.0 Å². The summed E-state index contributed by atoms with van der Waals surface area (Å²) in [6, 6.07) is 4.75. The van der Waals surface area contributed by atoms with E-state index in [4.69, 9.17) is 10.5 Å². The Hall–Kier alpha value is -4.50. The highest BCUT2D eigenvalue weighted by molar-refractivity contribution is 7.23. The zero-order valence-corrected chi connectivity index (χ0v) is 30.8. The van der Waals surface area contributed by atoms with E-state index in [1.54, 1.807) is 17.9 Å². The van der Waals surface area contributed by atoms with Crippen molar-refractivity contribution in [3.8, 4) is 23.2 Å². The summed E-state index contributed by atoms with van der Waals surface area (Å²) >= 11 is 0.698. The lowest BCUT2D eigenvalue weighted by atomic mass is 9.80. The predicted octanol–water partition coefficient (Wildman–Crippen LogP) is 8.55. The van der Waals surface area contributed by atoms with Crippen molar-refractivity contribution in [1.29, 1.82) is 5.26 Å². The number of ether oxygens (including phenoxy) is 1. The number of alkyl halides is 6. The lowest BCUT2D eigenvalue weighted by Gasteiger charge is -2.35. The molecule has 4 fully saturated rings. The third-order valence-corrected chi connectivity index (χ3v) is 11.3. The van der Waals surface area contributed by atoms with E-state index in [2.05, 4.69) is 20.2 Å². The molecule has 296 valence electrons. The van der Waals surface area contributed by atoms with Gasteiger partial charge in [-0.25, -0.2) is 22.0 Å². The SMILES string of the molecule is CCNc1nc(OC)nc2c(F)c(-c3ccc(F)c4sc(N)c(C#N)c34)c(C(F)(F)F)cc12.FC1CC2CCCN2C1.O=C(C1CC(F)(F)C1)N1CCCC1. The lowest BCUT2D eigenvalue weighted by molar-refractivity contribution is -0.158. The van der Waals surface area contributed by atoms with Gasteiger partial charge in [0.2, 0.25) is 11.8 Å². The normalized spacial score (nSPS) is 20.6. The van der Waals surface area contributed by atoms with Crippen molar-refractivity contribution in [2.75, 3.05) is 50.9 Å². The summed E-state index contributed by atoms with van der Waals surface area (Å²) < 4.78 is 115. The molecule has 1 amide bonds. The smallest absolute Gasteiger partial charge is 0.417 e. The van der Waals surface area contributed by atoms with Gasteiger partial charge in [-0.2, -0.15) is 28.4 Å². The molecule has 1 saturated carbocycles. The molecule has 4 aliphatic rings. The Balaban J connectivity index is 0.000000187. The maximum atomic E-state index is 15.9. The van der Waals surface area contributed by atoms with Crippen molar-refractivity contribution in [3.63, 3.8) is 0 Å². The first-order chi connectivity index (χ1) is 26.1. The largest absolute Gasteiger partial charge is 0.467 e. The van der Waals surface area contributed by atoms with Crippen molar-refractivity contribution >= 4 is 49.1 Å². The van der Waals surface area contributed by atoms with Crippen molar-refractivity contribution in [2.45, 2.75) is 76.2 Å². The van der Waals surface area contributed by atoms with Crippen LogP contribution in [0.15, 0.2) is 18.2 Å². The van der Waals surface area contributed by atoms with E-state index in [-0.39, 0.29) is 68.7 Å². The van der Waals surface area contributed by atoms with Crippen LogP contribution in [-0.4, -0.2) is 83.6 Å². The zero-order chi connectivity index (χ0) is 39.8. The summed E-state index contributed by atoms with van der Waals surface area (Å²) in [5, 5.41) is 11.8. The van der Waals surface area contributed by atoms with E-state index in [1.807, 2.05) is 0 Å². The maximum Gasteiger partial charge on any atom is 0.417 e. The number of nitrogens with zero attached hydrogens (tertiary/aromatic N) is 5. The molecule has 3 saturated heterocycles. The van der Waals surface area contributed by atoms with Gasteiger partial charge in [0, 0.05) is 67.3 Å². The topological polar surface area (TPSA) is 120 Å². The minimum Gasteiger partial charge on any atom is -0.467 e. The van der Waals surface area contributed by atoms with Crippen LogP contribution in [0.4, 0.5) is 45.9 Å². The highest BCUT2D eigenvalue weighted by atomic mass is 32.1. The minimum absolute atomic E-state index is 0.0444. The number of nitrogen functional groups attached to an aromatic ring is 1. The average Bonchev–Trinajstić information content (AvgIpc) is 3.93. The Morgan fingerprint density at radius 1 is 1.15 bits per heavy atom. The molecule has 2 aromatic heterocycles. The van der Waals surface area contributed by atoms with Crippen molar-refractivity contribution < 1.29 is 44.7 Å². The molecule has 9 nitrogen and oxygen atoms in total. The van der Waals surface area contributed by atoms with Gasteiger partial charge in [-0.1, -0.05) is 6.07 Å². The molecule has 0 radical (unpaired) electrons. The molecular formula is C37H39F8N7O2S. The quantitative estimate of drug-likeness (QED) is 0.193. The Bertz CT molecular complexity index is 2100. The van der Waals surface area contributed by atoms with E-state index in [9.17, 15) is 40.8 Å². The van der Waals surface area contributed by atoms with Crippen molar-refractivity contribution in [2.24, 2.45) is 5.92 Å². The second-order valence-electron chi connectivity index (χ2n) is 14.0. The van der Waals surface area contributed by atoms with Crippen LogP contribution < -0.4 is 15.8 Å². The van der Waals surface area contributed by atoms with E-state index in [1.165, 1.54) is 20.0 Å². The van der Waals surface area contributed by atoms with Gasteiger partial charge in [-0.3, -0.25) is 9.69 Å². The summed E-state index contributed by atoms with van der Waals surface area (Å²) in [4.78, 5) is 23.4. The van der Waals surface area contributed by atoms with Crippen LogP contribution in [0.1, 0.15) is 63.0 Å². The third-order valence-electron chi connectivity index (χ3n) is 10.3. The fourth-order valence-corrected chi connectivity index (χ4v) is 8.60. The molecule has 2 unspecified atom stereocenters. The number of thiophene rings is 1. The number of likely N-dealkylation sites (tertiary alicyclic amines) is 1. The summed E-state index contributed by atoms with van der Waals surface area (Å²) in [6.45, 7) is 5.37. The number of nitrogens with two attached hydrogens (primary N) is 1. The number of methoxy groups -OCH3 is 1. The molecule has 0 spiro atoms. The Morgan fingerprint density at radius 3 is 2.45 bits per heavy atom. The number of benzene rings is 2. The van der Waals surface area contributed by atoms with Crippen LogP contribution in [0.2, 0.25) is 0 Å². The van der Waals surface area contributed by atoms with Gasteiger partial charge >= 0.3 is 12.2 Å². The Morgan fingerprint density at radius 2 is 1.85 bits per heavy atom. The average molecular weight is 798 g/mol. The number of hydrogen-bond acceptors (Lipinski definition) is 9. The van der Waals surface area contributed by atoms with Gasteiger partial charge in [-0.15, -0.1) is 11.3 Å². The number of anilines is 2. The standard InChI is InChI=1S/C21H14F5N5OS.C9H13F2NO.C7H12FN/c1-3-29-19-9-6-11(21(24,25)26)14(15(23)16(9)30-20(31-19)32-2)8-4-5-12(22)17-13(8)10(7-27)18(28)33-17;10-9(11)5-7(6-9)8(13)12-3-1-2-4-12;8-6-4-7-2-1-3-9(7)5-6/h4-6H,3,28H2,1-2H3,(H,29,30,31);7H,1-6H2;6-7H,1-5H2. The van der Waals surface area contributed by atoms with E-state index < -0.39 is 52.5 Å². The molecule has 3 aliphatic heterocycles. The number of carbonyl (C=O) groups excluding carboxylic acids is 1. The third kappa shape index (κ3) is 8.23. The molecule has 18 heteroatoms. The summed E-state index contributed by atoms with van der Waals surface area (Å²) in [5.41, 5.74) is 2.59. The molecule has 3 N–H and O–H groups in total. The minimum atomic E-state index is -5.00. The number of amides is 1. The molecule has 55 heavy (non-hydrogen) atoms. The molecule has 2 atom stereocenters. The van der Waals surface area contributed by atoms with Crippen LogP contribution in [0, 0.1) is 28.9 Å². The van der Waals surface area contributed by atoms with Crippen LogP contribution >= 0.6 is 11.3 Å².